The number of rotatable bonds is 1. The molecule has 12 heavy (non-hydrogen) atoms. The molecule has 0 saturated carbocycles. The summed E-state index contributed by atoms with van der Waals surface area (Å²) in [6.07, 6.45) is 1.30. The van der Waals surface area contributed by atoms with Gasteiger partial charge >= 0.3 is 5.69 Å². The van der Waals surface area contributed by atoms with Gasteiger partial charge in [0, 0.05) is 13.6 Å². The van der Waals surface area contributed by atoms with Gasteiger partial charge in [0.15, 0.2) is 0 Å². The second-order valence-corrected chi connectivity index (χ2v) is 2.76. The number of hydrogen-bond acceptors (Lipinski definition) is 4. The molecule has 0 saturated heterocycles. The van der Waals surface area contributed by atoms with E-state index in [0.717, 1.165) is 13.1 Å². The second kappa shape index (κ2) is 2.20. The van der Waals surface area contributed by atoms with Gasteiger partial charge in [-0.25, -0.2) is 4.68 Å². The molecule has 0 bridgehead atoms. The number of fused-ring (bicyclic) bond motifs is 1. The Bertz CT molecular complexity index is 332. The fraction of sp³-hybridized carbons (Fsp3) is 0.500. The molecule has 0 aliphatic carbocycles. The van der Waals surface area contributed by atoms with Crippen molar-refractivity contribution < 1.29 is 4.92 Å². The normalized spacial score (nSPS) is 14.9. The maximum atomic E-state index is 10.5. The van der Waals surface area contributed by atoms with Crippen LogP contribution in [0.2, 0.25) is 0 Å². The molecule has 1 aliphatic heterocycles. The summed E-state index contributed by atoms with van der Waals surface area (Å²) in [5, 5.41) is 14.4. The van der Waals surface area contributed by atoms with Gasteiger partial charge in [-0.2, -0.15) is 5.10 Å². The molecule has 1 aliphatic rings. The van der Waals surface area contributed by atoms with Crippen molar-refractivity contribution in [2.24, 2.45) is 0 Å². The molecule has 0 aromatic carbocycles. The number of hydrogen-bond donors (Lipinski definition) is 0. The first-order valence-electron chi connectivity index (χ1n) is 3.61. The predicted molar refractivity (Wildman–Crippen MR) is 42.2 cm³/mol. The van der Waals surface area contributed by atoms with E-state index >= 15 is 0 Å². The van der Waals surface area contributed by atoms with Crippen LogP contribution in [0.4, 0.5) is 11.5 Å². The van der Waals surface area contributed by atoms with Crippen molar-refractivity contribution in [2.75, 3.05) is 18.5 Å². The summed E-state index contributed by atoms with van der Waals surface area (Å²) in [6, 6.07) is 0. The van der Waals surface area contributed by atoms with Gasteiger partial charge < -0.3 is 4.90 Å². The van der Waals surface area contributed by atoms with Gasteiger partial charge in [-0.15, -0.1) is 0 Å². The van der Waals surface area contributed by atoms with E-state index in [9.17, 15) is 10.1 Å². The lowest BCUT2D eigenvalue weighted by atomic mass is 10.5. The molecule has 1 aromatic rings. The van der Waals surface area contributed by atoms with Crippen LogP contribution in [-0.2, 0) is 6.54 Å². The molecule has 2 rings (SSSR count). The quantitative estimate of drug-likeness (QED) is 0.445. The number of nitrogens with zero attached hydrogens (tertiary/aromatic N) is 4. The highest BCUT2D eigenvalue weighted by Gasteiger charge is 2.27. The van der Waals surface area contributed by atoms with Crippen molar-refractivity contribution in [2.45, 2.75) is 6.54 Å². The first-order valence-corrected chi connectivity index (χ1v) is 3.61. The molecule has 0 spiro atoms. The Balaban J connectivity index is 2.53. The number of aromatic nitrogens is 2. The lowest BCUT2D eigenvalue weighted by Crippen LogP contribution is -2.13. The van der Waals surface area contributed by atoms with Crippen LogP contribution in [0.15, 0.2) is 6.20 Å². The summed E-state index contributed by atoms with van der Waals surface area (Å²) in [4.78, 5) is 11.9. The molecule has 1 aromatic heterocycles. The Hall–Kier alpha value is -1.59. The van der Waals surface area contributed by atoms with Crippen LogP contribution in [0.3, 0.4) is 0 Å². The maximum Gasteiger partial charge on any atom is 0.331 e. The van der Waals surface area contributed by atoms with Crippen molar-refractivity contribution >= 4 is 11.5 Å². The summed E-state index contributed by atoms with van der Waals surface area (Å²) in [6.45, 7) is 1.53. The number of nitro groups is 1. The van der Waals surface area contributed by atoms with Gasteiger partial charge in [-0.1, -0.05) is 0 Å². The van der Waals surface area contributed by atoms with Crippen molar-refractivity contribution in [1.82, 2.24) is 9.78 Å². The van der Waals surface area contributed by atoms with E-state index in [1.807, 2.05) is 11.9 Å². The summed E-state index contributed by atoms with van der Waals surface area (Å²) in [7, 11) is 1.83. The van der Waals surface area contributed by atoms with Crippen molar-refractivity contribution in [3.63, 3.8) is 0 Å². The third-order valence-corrected chi connectivity index (χ3v) is 2.00. The molecule has 0 amide bonds. The van der Waals surface area contributed by atoms with E-state index in [4.69, 9.17) is 0 Å². The average Bonchev–Trinajstić information content (AvgIpc) is 2.53. The van der Waals surface area contributed by atoms with Crippen LogP contribution in [-0.4, -0.2) is 28.3 Å². The second-order valence-electron chi connectivity index (χ2n) is 2.76. The third kappa shape index (κ3) is 0.775. The Morgan fingerprint density at radius 1 is 1.67 bits per heavy atom. The van der Waals surface area contributed by atoms with E-state index < -0.39 is 4.92 Å². The smallest absolute Gasteiger partial charge is 0.331 e. The fourth-order valence-corrected chi connectivity index (χ4v) is 1.40. The summed E-state index contributed by atoms with van der Waals surface area (Å²) in [5.74, 6) is 0.611. The topological polar surface area (TPSA) is 64.2 Å². The minimum atomic E-state index is -0.402. The lowest BCUT2D eigenvalue weighted by Gasteiger charge is -2.06. The Kier molecular flexibility index (Phi) is 1.30. The Morgan fingerprint density at radius 3 is 3.08 bits per heavy atom. The standard InChI is InChI=1S/C6H8N4O2/c1-8-2-3-9-6(8)5(4-7-9)10(11)12/h4H,2-3H2,1H3. The van der Waals surface area contributed by atoms with Gasteiger partial charge in [0.1, 0.15) is 6.20 Å². The van der Waals surface area contributed by atoms with Crippen molar-refractivity contribution in [1.29, 1.82) is 0 Å². The minimum absolute atomic E-state index is 0.0926. The van der Waals surface area contributed by atoms with Crippen LogP contribution in [0.1, 0.15) is 0 Å². The molecule has 0 atom stereocenters. The van der Waals surface area contributed by atoms with Crippen LogP contribution in [0, 0.1) is 10.1 Å². The molecule has 0 radical (unpaired) electrons. The van der Waals surface area contributed by atoms with Gasteiger partial charge in [-0.05, 0) is 0 Å². The van der Waals surface area contributed by atoms with E-state index in [2.05, 4.69) is 5.10 Å². The zero-order chi connectivity index (χ0) is 8.72. The molecule has 0 fully saturated rings. The summed E-state index contributed by atoms with van der Waals surface area (Å²) >= 11 is 0. The molecule has 6 heteroatoms. The Morgan fingerprint density at radius 2 is 2.42 bits per heavy atom. The van der Waals surface area contributed by atoms with Gasteiger partial charge in [0.2, 0.25) is 5.82 Å². The molecule has 6 nitrogen and oxygen atoms in total. The first-order chi connectivity index (χ1) is 5.70. The Labute approximate surface area is 68.5 Å². The molecular weight excluding hydrogens is 160 g/mol. The van der Waals surface area contributed by atoms with E-state index in [0.29, 0.717) is 5.82 Å². The molecule has 0 unspecified atom stereocenters. The number of anilines is 1. The largest absolute Gasteiger partial charge is 0.352 e. The van der Waals surface area contributed by atoms with Crippen molar-refractivity contribution in [3.05, 3.63) is 16.3 Å². The minimum Gasteiger partial charge on any atom is -0.352 e. The highest BCUT2D eigenvalue weighted by Crippen LogP contribution is 2.29. The summed E-state index contributed by atoms with van der Waals surface area (Å²) < 4.78 is 1.65. The molecule has 0 N–H and O–H groups in total. The first kappa shape index (κ1) is 7.08. The predicted octanol–water partition coefficient (Wildman–Crippen LogP) is 0.241. The van der Waals surface area contributed by atoms with Gasteiger partial charge in [0.05, 0.1) is 11.5 Å². The van der Waals surface area contributed by atoms with Crippen LogP contribution < -0.4 is 4.90 Å². The SMILES string of the molecule is CN1CCn2ncc([N+](=O)[O-])c21. The van der Waals surface area contributed by atoms with Crippen LogP contribution >= 0.6 is 0 Å². The van der Waals surface area contributed by atoms with E-state index in [1.54, 1.807) is 4.68 Å². The molecular formula is C6H8N4O2. The average molecular weight is 168 g/mol. The fourth-order valence-electron chi connectivity index (χ4n) is 1.40. The molecule has 64 valence electrons. The van der Waals surface area contributed by atoms with E-state index in [-0.39, 0.29) is 5.69 Å². The highest BCUT2D eigenvalue weighted by molar-refractivity contribution is 5.58. The lowest BCUT2D eigenvalue weighted by molar-refractivity contribution is -0.384. The van der Waals surface area contributed by atoms with Crippen LogP contribution in [0.5, 0.6) is 0 Å². The van der Waals surface area contributed by atoms with Gasteiger partial charge in [-0.3, -0.25) is 10.1 Å². The number of likely N-dealkylation sites (N-methyl/N-ethyl adjacent to an activating group) is 1. The zero-order valence-corrected chi connectivity index (χ0v) is 6.60. The zero-order valence-electron chi connectivity index (χ0n) is 6.60. The monoisotopic (exact) mass is 168 g/mol. The third-order valence-electron chi connectivity index (χ3n) is 2.00. The summed E-state index contributed by atoms with van der Waals surface area (Å²) in [5.41, 5.74) is 0.0926. The highest BCUT2D eigenvalue weighted by atomic mass is 16.6. The molecule has 2 heterocycles. The van der Waals surface area contributed by atoms with Crippen LogP contribution in [0.25, 0.3) is 0 Å². The van der Waals surface area contributed by atoms with Gasteiger partial charge in [0.25, 0.3) is 0 Å². The van der Waals surface area contributed by atoms with E-state index in [1.165, 1.54) is 6.20 Å². The maximum absolute atomic E-state index is 10.5. The van der Waals surface area contributed by atoms with Crippen molar-refractivity contribution in [3.8, 4) is 0 Å².